The highest BCUT2D eigenvalue weighted by Gasteiger charge is 2.16. The molecular formula is C28H26BrClN4O4. The first-order valence-corrected chi connectivity index (χ1v) is 13.0. The Morgan fingerprint density at radius 3 is 2.61 bits per heavy atom. The van der Waals surface area contributed by atoms with Gasteiger partial charge in [-0.25, -0.2) is 4.98 Å². The molecule has 8 nitrogen and oxygen atoms in total. The van der Waals surface area contributed by atoms with Gasteiger partial charge >= 0.3 is 0 Å². The second-order valence-corrected chi connectivity index (χ2v) is 10.2. The molecule has 38 heavy (non-hydrogen) atoms. The van der Waals surface area contributed by atoms with Gasteiger partial charge in [0.25, 0.3) is 11.5 Å². The minimum absolute atomic E-state index is 0.0483. The highest BCUT2D eigenvalue weighted by molar-refractivity contribution is 9.10. The first-order valence-electron chi connectivity index (χ1n) is 11.8. The van der Waals surface area contributed by atoms with E-state index in [4.69, 9.17) is 21.1 Å². The fourth-order valence-electron chi connectivity index (χ4n) is 3.70. The number of fused-ring (bicyclic) bond motifs is 1. The van der Waals surface area contributed by atoms with E-state index in [-0.39, 0.29) is 34.8 Å². The number of amides is 1. The molecule has 3 aromatic carbocycles. The molecule has 0 fully saturated rings. The van der Waals surface area contributed by atoms with Gasteiger partial charge in [0.05, 0.1) is 29.2 Å². The molecule has 0 saturated carbocycles. The zero-order valence-corrected chi connectivity index (χ0v) is 23.6. The van der Waals surface area contributed by atoms with Crippen molar-refractivity contribution in [2.24, 2.45) is 5.10 Å². The molecule has 0 bridgehead atoms. The summed E-state index contributed by atoms with van der Waals surface area (Å²) in [5, 5.41) is 7.88. The van der Waals surface area contributed by atoms with E-state index in [1.165, 1.54) is 18.0 Å². The molecule has 0 saturated heterocycles. The molecule has 1 N–H and O–H groups in total. The summed E-state index contributed by atoms with van der Waals surface area (Å²) >= 11 is 9.89. The van der Waals surface area contributed by atoms with E-state index in [9.17, 15) is 9.59 Å². The third kappa shape index (κ3) is 6.23. The number of hydrogen-bond acceptors (Lipinski definition) is 6. The molecule has 4 rings (SSSR count). The van der Waals surface area contributed by atoms with Gasteiger partial charge < -0.3 is 14.8 Å². The monoisotopic (exact) mass is 596 g/mol. The minimum Gasteiger partial charge on any atom is -0.493 e. The number of aryl methyl sites for hydroxylation is 1. The third-order valence-corrected chi connectivity index (χ3v) is 6.38. The fourth-order valence-corrected chi connectivity index (χ4v) is 4.34. The fraction of sp³-hybridized carbons (Fsp3) is 0.214. The lowest BCUT2D eigenvalue weighted by atomic mass is 10.2. The van der Waals surface area contributed by atoms with Crippen LogP contribution in [0.15, 0.2) is 69.0 Å². The number of halogens is 2. The maximum Gasteiger partial charge on any atom is 0.282 e. The number of methoxy groups -OCH3 is 1. The zero-order valence-electron chi connectivity index (χ0n) is 21.3. The summed E-state index contributed by atoms with van der Waals surface area (Å²) in [5.41, 5.74) is 2.65. The first kappa shape index (κ1) is 27.3. The predicted molar refractivity (Wildman–Crippen MR) is 154 cm³/mol. The summed E-state index contributed by atoms with van der Waals surface area (Å²) in [4.78, 5) is 30.3. The van der Waals surface area contributed by atoms with E-state index in [1.807, 2.05) is 51.1 Å². The number of hydrogen-bond donors (Lipinski definition) is 1. The van der Waals surface area contributed by atoms with Crippen LogP contribution < -0.4 is 20.3 Å². The van der Waals surface area contributed by atoms with E-state index in [0.717, 1.165) is 10.0 Å². The van der Waals surface area contributed by atoms with Crippen LogP contribution in [0.1, 0.15) is 36.7 Å². The molecule has 0 aliphatic rings. The van der Waals surface area contributed by atoms with Crippen molar-refractivity contribution in [3.63, 3.8) is 0 Å². The average molecular weight is 598 g/mol. The summed E-state index contributed by atoms with van der Waals surface area (Å²) in [6, 6.07) is 16.1. The van der Waals surface area contributed by atoms with Gasteiger partial charge in [-0.05, 0) is 55.0 Å². The van der Waals surface area contributed by atoms with E-state index in [1.54, 1.807) is 24.3 Å². The predicted octanol–water partition coefficient (Wildman–Crippen LogP) is 6.15. The molecule has 0 aliphatic heterocycles. The Hall–Kier alpha value is -3.69. The molecule has 0 radical (unpaired) electrons. The Morgan fingerprint density at radius 2 is 1.92 bits per heavy atom. The molecule has 0 aliphatic carbocycles. The smallest absolute Gasteiger partial charge is 0.282 e. The number of ether oxygens (including phenoxy) is 2. The van der Waals surface area contributed by atoms with Crippen LogP contribution in [-0.2, 0) is 4.79 Å². The van der Waals surface area contributed by atoms with Gasteiger partial charge in [-0.2, -0.15) is 9.78 Å². The molecule has 1 aromatic heterocycles. The summed E-state index contributed by atoms with van der Waals surface area (Å²) in [7, 11) is 1.47. The number of nitrogens with one attached hydrogen (secondary N) is 1. The lowest BCUT2D eigenvalue weighted by Gasteiger charge is -2.14. The van der Waals surface area contributed by atoms with Crippen LogP contribution in [0.5, 0.6) is 11.5 Å². The number of carbonyl (C=O) groups is 1. The molecule has 4 aromatic rings. The standard InChI is InChI=1S/C28H26BrClN4O4/c1-16(2)27-33-23-10-7-19(29)13-21(23)28(36)34(27)31-14-18-11-22(30)26(24(12-18)37-4)38-15-25(35)32-20-8-5-17(3)6-9-20/h5-14,16H,15H2,1-4H3,(H,32,35). The van der Waals surface area contributed by atoms with E-state index >= 15 is 0 Å². The highest BCUT2D eigenvalue weighted by atomic mass is 79.9. The Kier molecular flexibility index (Phi) is 8.48. The lowest BCUT2D eigenvalue weighted by Crippen LogP contribution is -2.23. The van der Waals surface area contributed by atoms with E-state index in [2.05, 4.69) is 31.3 Å². The Labute approximate surface area is 233 Å². The van der Waals surface area contributed by atoms with Crippen molar-refractivity contribution in [3.05, 3.63) is 91.4 Å². The maximum atomic E-state index is 13.2. The van der Waals surface area contributed by atoms with Gasteiger partial charge in [0, 0.05) is 16.1 Å². The largest absolute Gasteiger partial charge is 0.493 e. The van der Waals surface area contributed by atoms with Crippen LogP contribution in [0, 0.1) is 6.92 Å². The number of benzene rings is 3. The van der Waals surface area contributed by atoms with Gasteiger partial charge in [-0.1, -0.05) is 59.1 Å². The van der Waals surface area contributed by atoms with E-state index < -0.39 is 0 Å². The third-order valence-electron chi connectivity index (χ3n) is 5.61. The summed E-state index contributed by atoms with van der Waals surface area (Å²) in [6.45, 7) is 5.60. The second-order valence-electron chi connectivity index (χ2n) is 8.88. The number of carbonyl (C=O) groups excluding carboxylic acids is 1. The minimum atomic E-state index is -0.339. The van der Waals surface area contributed by atoms with Crippen LogP contribution >= 0.6 is 27.5 Å². The molecule has 0 spiro atoms. The summed E-state index contributed by atoms with van der Waals surface area (Å²) in [6.07, 6.45) is 1.50. The number of anilines is 1. The normalized spacial score (nSPS) is 11.3. The molecule has 1 heterocycles. The lowest BCUT2D eigenvalue weighted by molar-refractivity contribution is -0.118. The Bertz CT molecular complexity index is 1580. The van der Waals surface area contributed by atoms with Gasteiger partial charge in [-0.3, -0.25) is 9.59 Å². The quantitative estimate of drug-likeness (QED) is 0.246. The van der Waals surface area contributed by atoms with Crippen LogP contribution in [0.2, 0.25) is 5.02 Å². The van der Waals surface area contributed by atoms with Crippen molar-refractivity contribution >= 4 is 56.2 Å². The van der Waals surface area contributed by atoms with Gasteiger partial charge in [0.2, 0.25) is 0 Å². The van der Waals surface area contributed by atoms with Crippen molar-refractivity contribution < 1.29 is 14.3 Å². The van der Waals surface area contributed by atoms with Crippen LogP contribution in [0.4, 0.5) is 5.69 Å². The van der Waals surface area contributed by atoms with Gasteiger partial charge in [-0.15, -0.1) is 0 Å². The Morgan fingerprint density at radius 1 is 1.18 bits per heavy atom. The average Bonchev–Trinajstić information content (AvgIpc) is 2.88. The van der Waals surface area contributed by atoms with Crippen LogP contribution in [-0.4, -0.2) is 35.5 Å². The molecule has 0 unspecified atom stereocenters. The SMILES string of the molecule is COc1cc(C=Nn2c(C(C)C)nc3ccc(Br)cc3c2=O)cc(Cl)c1OCC(=O)Nc1ccc(C)cc1. The first-order chi connectivity index (χ1) is 18.2. The molecule has 1 amide bonds. The maximum absolute atomic E-state index is 13.2. The van der Waals surface area contributed by atoms with Gasteiger partial charge in [0.15, 0.2) is 18.1 Å². The zero-order chi connectivity index (χ0) is 27.4. The van der Waals surface area contributed by atoms with Crippen molar-refractivity contribution in [3.8, 4) is 11.5 Å². The highest BCUT2D eigenvalue weighted by Crippen LogP contribution is 2.36. The number of aromatic nitrogens is 2. The number of nitrogens with zero attached hydrogens (tertiary/aromatic N) is 3. The molecule has 196 valence electrons. The molecule has 10 heteroatoms. The molecule has 0 atom stereocenters. The van der Waals surface area contributed by atoms with Crippen LogP contribution in [0.3, 0.4) is 0 Å². The van der Waals surface area contributed by atoms with Crippen molar-refractivity contribution in [1.82, 2.24) is 9.66 Å². The summed E-state index contributed by atoms with van der Waals surface area (Å²) in [5.74, 6) is 0.682. The summed E-state index contributed by atoms with van der Waals surface area (Å²) < 4.78 is 13.2. The Balaban J connectivity index is 1.58. The van der Waals surface area contributed by atoms with E-state index in [0.29, 0.717) is 33.7 Å². The van der Waals surface area contributed by atoms with Crippen molar-refractivity contribution in [1.29, 1.82) is 0 Å². The van der Waals surface area contributed by atoms with Gasteiger partial charge in [0.1, 0.15) is 5.82 Å². The number of rotatable bonds is 8. The molecular weight excluding hydrogens is 572 g/mol. The van der Waals surface area contributed by atoms with Crippen molar-refractivity contribution in [2.45, 2.75) is 26.7 Å². The van der Waals surface area contributed by atoms with Crippen LogP contribution in [0.25, 0.3) is 10.9 Å². The van der Waals surface area contributed by atoms with Crippen molar-refractivity contribution in [2.75, 3.05) is 19.0 Å². The topological polar surface area (TPSA) is 94.8 Å². The second kappa shape index (κ2) is 11.8.